The van der Waals surface area contributed by atoms with E-state index in [0.29, 0.717) is 0 Å². The molecular formula is C17H22BrNOS. The van der Waals surface area contributed by atoms with Crippen molar-refractivity contribution in [3.63, 3.8) is 0 Å². The largest absolute Gasteiger partial charge is 0.492 e. The van der Waals surface area contributed by atoms with Crippen LogP contribution in [0.4, 0.5) is 0 Å². The topological polar surface area (TPSA) is 21.3 Å². The highest BCUT2D eigenvalue weighted by Gasteiger charge is 2.17. The quantitative estimate of drug-likeness (QED) is 0.715. The van der Waals surface area contributed by atoms with Gasteiger partial charge in [-0.05, 0) is 70.5 Å². The Morgan fingerprint density at radius 3 is 2.67 bits per heavy atom. The number of hydrogen-bond donors (Lipinski definition) is 1. The maximum atomic E-state index is 5.73. The Labute approximate surface area is 139 Å². The summed E-state index contributed by atoms with van der Waals surface area (Å²) in [7, 11) is 0. The van der Waals surface area contributed by atoms with Crippen LogP contribution < -0.4 is 10.1 Å². The SMILES string of the molecule is CCCOc1ccc(C(NCC)c2sccc2C)cc1Br. The van der Waals surface area contributed by atoms with Gasteiger partial charge in [0.15, 0.2) is 0 Å². The van der Waals surface area contributed by atoms with Gasteiger partial charge in [-0.2, -0.15) is 0 Å². The van der Waals surface area contributed by atoms with E-state index in [9.17, 15) is 0 Å². The molecular weight excluding hydrogens is 346 g/mol. The molecule has 0 bridgehead atoms. The van der Waals surface area contributed by atoms with Crippen LogP contribution in [0.2, 0.25) is 0 Å². The summed E-state index contributed by atoms with van der Waals surface area (Å²) in [5.74, 6) is 0.916. The van der Waals surface area contributed by atoms with Crippen LogP contribution in [0.5, 0.6) is 5.75 Å². The molecule has 1 N–H and O–H groups in total. The fourth-order valence-corrected chi connectivity index (χ4v) is 3.81. The summed E-state index contributed by atoms with van der Waals surface area (Å²) < 4.78 is 6.75. The van der Waals surface area contributed by atoms with E-state index in [0.717, 1.165) is 29.8 Å². The highest BCUT2D eigenvalue weighted by atomic mass is 79.9. The van der Waals surface area contributed by atoms with Crippen molar-refractivity contribution in [2.75, 3.05) is 13.2 Å². The lowest BCUT2D eigenvalue weighted by Crippen LogP contribution is -2.21. The van der Waals surface area contributed by atoms with E-state index in [1.165, 1.54) is 16.0 Å². The smallest absolute Gasteiger partial charge is 0.133 e. The second kappa shape index (κ2) is 7.97. The standard InChI is InChI=1S/C17H22BrNOS/c1-4-9-20-15-7-6-13(11-14(15)18)16(19-5-2)17-12(3)8-10-21-17/h6-8,10-11,16,19H,4-5,9H2,1-3H3. The molecule has 0 radical (unpaired) electrons. The molecule has 2 nitrogen and oxygen atoms in total. The summed E-state index contributed by atoms with van der Waals surface area (Å²) in [5.41, 5.74) is 2.60. The number of nitrogens with one attached hydrogen (secondary N) is 1. The molecule has 0 saturated carbocycles. The van der Waals surface area contributed by atoms with Gasteiger partial charge in [0.25, 0.3) is 0 Å². The predicted molar refractivity (Wildman–Crippen MR) is 94.5 cm³/mol. The number of halogens is 1. The molecule has 0 aliphatic heterocycles. The molecule has 1 aromatic carbocycles. The van der Waals surface area contributed by atoms with Gasteiger partial charge in [0, 0.05) is 4.88 Å². The average Bonchev–Trinajstić information content (AvgIpc) is 2.89. The van der Waals surface area contributed by atoms with E-state index in [1.807, 2.05) is 11.3 Å². The lowest BCUT2D eigenvalue weighted by molar-refractivity contribution is 0.315. The molecule has 0 aliphatic rings. The summed E-state index contributed by atoms with van der Waals surface area (Å²) in [6.07, 6.45) is 1.02. The molecule has 0 spiro atoms. The molecule has 0 saturated heterocycles. The zero-order valence-corrected chi connectivity index (χ0v) is 15.2. The van der Waals surface area contributed by atoms with E-state index < -0.39 is 0 Å². The maximum Gasteiger partial charge on any atom is 0.133 e. The number of thiophene rings is 1. The van der Waals surface area contributed by atoms with Gasteiger partial charge in [-0.25, -0.2) is 0 Å². The summed E-state index contributed by atoms with van der Waals surface area (Å²) in [5, 5.41) is 5.74. The second-order valence-electron chi connectivity index (χ2n) is 5.00. The normalized spacial score (nSPS) is 12.4. The van der Waals surface area contributed by atoms with Crippen molar-refractivity contribution in [2.45, 2.75) is 33.2 Å². The van der Waals surface area contributed by atoms with E-state index in [1.54, 1.807) is 0 Å². The first-order valence-corrected chi connectivity index (χ1v) is 9.04. The first-order chi connectivity index (χ1) is 10.2. The van der Waals surface area contributed by atoms with Crippen LogP contribution >= 0.6 is 27.3 Å². The van der Waals surface area contributed by atoms with Crippen molar-refractivity contribution < 1.29 is 4.74 Å². The van der Waals surface area contributed by atoms with Crippen molar-refractivity contribution >= 4 is 27.3 Å². The Balaban J connectivity index is 2.29. The van der Waals surface area contributed by atoms with Crippen LogP contribution in [0.15, 0.2) is 34.1 Å². The van der Waals surface area contributed by atoms with Gasteiger partial charge in [0.2, 0.25) is 0 Å². The summed E-state index contributed by atoms with van der Waals surface area (Å²) in [4.78, 5) is 1.38. The van der Waals surface area contributed by atoms with Crippen molar-refractivity contribution in [3.8, 4) is 5.75 Å². The Bertz CT molecular complexity index is 582. The monoisotopic (exact) mass is 367 g/mol. The van der Waals surface area contributed by atoms with Gasteiger partial charge in [-0.15, -0.1) is 11.3 Å². The van der Waals surface area contributed by atoms with Crippen molar-refractivity contribution in [3.05, 3.63) is 50.1 Å². The Morgan fingerprint density at radius 1 is 1.29 bits per heavy atom. The van der Waals surface area contributed by atoms with Gasteiger partial charge in [0.05, 0.1) is 17.1 Å². The zero-order valence-electron chi connectivity index (χ0n) is 12.8. The van der Waals surface area contributed by atoms with E-state index in [-0.39, 0.29) is 6.04 Å². The van der Waals surface area contributed by atoms with Crippen LogP contribution in [0.1, 0.15) is 42.3 Å². The van der Waals surface area contributed by atoms with Crippen LogP contribution in [0.3, 0.4) is 0 Å². The van der Waals surface area contributed by atoms with Gasteiger partial charge in [-0.3, -0.25) is 0 Å². The van der Waals surface area contributed by atoms with Gasteiger partial charge in [0.1, 0.15) is 5.75 Å². The number of aryl methyl sites for hydroxylation is 1. The molecule has 21 heavy (non-hydrogen) atoms. The molecule has 114 valence electrons. The van der Waals surface area contributed by atoms with Crippen LogP contribution in [0.25, 0.3) is 0 Å². The molecule has 0 amide bonds. The molecule has 0 fully saturated rings. The van der Waals surface area contributed by atoms with Gasteiger partial charge >= 0.3 is 0 Å². The minimum atomic E-state index is 0.242. The summed E-state index contributed by atoms with van der Waals surface area (Å²) in [6.45, 7) is 8.11. The minimum Gasteiger partial charge on any atom is -0.492 e. The number of ether oxygens (including phenoxy) is 1. The number of benzene rings is 1. The first kappa shape index (κ1) is 16.5. The van der Waals surface area contributed by atoms with Gasteiger partial charge < -0.3 is 10.1 Å². The third-order valence-corrected chi connectivity index (χ3v) is 5.03. The lowest BCUT2D eigenvalue weighted by Gasteiger charge is -2.19. The van der Waals surface area contributed by atoms with Gasteiger partial charge in [-0.1, -0.05) is 19.9 Å². The Kier molecular flexibility index (Phi) is 6.27. The molecule has 1 aromatic heterocycles. The third kappa shape index (κ3) is 4.09. The van der Waals surface area contributed by atoms with Crippen molar-refractivity contribution in [1.29, 1.82) is 0 Å². The lowest BCUT2D eigenvalue weighted by atomic mass is 10.0. The zero-order chi connectivity index (χ0) is 15.2. The number of hydrogen-bond acceptors (Lipinski definition) is 3. The highest BCUT2D eigenvalue weighted by molar-refractivity contribution is 9.10. The summed E-state index contributed by atoms with van der Waals surface area (Å²) >= 11 is 5.44. The molecule has 2 aromatic rings. The third-order valence-electron chi connectivity index (χ3n) is 3.32. The minimum absolute atomic E-state index is 0.242. The molecule has 1 heterocycles. The van der Waals surface area contributed by atoms with Crippen LogP contribution in [0, 0.1) is 6.92 Å². The van der Waals surface area contributed by atoms with Crippen molar-refractivity contribution in [2.24, 2.45) is 0 Å². The fraction of sp³-hybridized carbons (Fsp3) is 0.412. The van der Waals surface area contributed by atoms with Crippen molar-refractivity contribution in [1.82, 2.24) is 5.32 Å². The second-order valence-corrected chi connectivity index (χ2v) is 6.80. The predicted octanol–water partition coefficient (Wildman–Crippen LogP) is 5.31. The maximum absolute atomic E-state index is 5.73. The van der Waals surface area contributed by atoms with Crippen LogP contribution in [-0.4, -0.2) is 13.2 Å². The van der Waals surface area contributed by atoms with E-state index >= 15 is 0 Å². The summed E-state index contributed by atoms with van der Waals surface area (Å²) in [6, 6.07) is 8.80. The highest BCUT2D eigenvalue weighted by Crippen LogP contribution is 2.34. The average molecular weight is 368 g/mol. The Morgan fingerprint density at radius 2 is 2.10 bits per heavy atom. The Hall–Kier alpha value is -0.840. The molecule has 4 heteroatoms. The van der Waals surface area contributed by atoms with E-state index in [2.05, 4.69) is 71.7 Å². The molecule has 0 aliphatic carbocycles. The molecule has 1 atom stereocenters. The fourth-order valence-electron chi connectivity index (χ4n) is 2.27. The van der Waals surface area contributed by atoms with Crippen LogP contribution in [-0.2, 0) is 0 Å². The molecule has 2 rings (SSSR count). The first-order valence-electron chi connectivity index (χ1n) is 7.37. The molecule has 1 unspecified atom stereocenters. The van der Waals surface area contributed by atoms with E-state index in [4.69, 9.17) is 4.74 Å². The number of rotatable bonds is 7.